The fourth-order valence-corrected chi connectivity index (χ4v) is 3.70. The Bertz CT molecular complexity index is 656. The largest absolute Gasteiger partial charge is 0.496 e. The van der Waals surface area contributed by atoms with Crippen LogP contribution in [0.3, 0.4) is 0 Å². The summed E-state index contributed by atoms with van der Waals surface area (Å²) in [5.74, 6) is 1.93. The molecule has 0 aliphatic carbocycles. The van der Waals surface area contributed by atoms with Crippen LogP contribution in [0.5, 0.6) is 5.75 Å². The Balaban J connectivity index is 1.77. The smallest absolute Gasteiger partial charge is 0.137 e. The lowest BCUT2D eigenvalue weighted by Crippen LogP contribution is -2.23. The zero-order chi connectivity index (χ0) is 16.2. The van der Waals surface area contributed by atoms with Crippen LogP contribution in [0.4, 0.5) is 0 Å². The van der Waals surface area contributed by atoms with Crippen LogP contribution in [0.25, 0.3) is 0 Å². The molecular formula is C18H23BrN2O2. The van der Waals surface area contributed by atoms with Gasteiger partial charge in [0.15, 0.2) is 0 Å². The quantitative estimate of drug-likeness (QED) is 0.727. The zero-order valence-electron chi connectivity index (χ0n) is 13.7. The van der Waals surface area contributed by atoms with E-state index in [9.17, 15) is 0 Å². The molecule has 0 spiro atoms. The van der Waals surface area contributed by atoms with E-state index in [4.69, 9.17) is 9.26 Å². The summed E-state index contributed by atoms with van der Waals surface area (Å²) in [6.45, 7) is 4.10. The predicted octanol–water partition coefficient (Wildman–Crippen LogP) is 4.74. The van der Waals surface area contributed by atoms with Crippen molar-refractivity contribution in [3.8, 4) is 5.75 Å². The molecule has 0 bridgehead atoms. The zero-order valence-corrected chi connectivity index (χ0v) is 15.3. The molecule has 1 aromatic carbocycles. The molecule has 124 valence electrons. The van der Waals surface area contributed by atoms with Crippen LogP contribution in [0.15, 0.2) is 33.3 Å². The van der Waals surface area contributed by atoms with Crippen LogP contribution in [0.2, 0.25) is 0 Å². The third kappa shape index (κ3) is 3.78. The summed E-state index contributed by atoms with van der Waals surface area (Å²) >= 11 is 3.55. The monoisotopic (exact) mass is 378 g/mol. The molecule has 1 fully saturated rings. The molecule has 4 nitrogen and oxygen atoms in total. The summed E-state index contributed by atoms with van der Waals surface area (Å²) in [7, 11) is 1.73. The number of ether oxygens (including phenoxy) is 1. The van der Waals surface area contributed by atoms with Crippen molar-refractivity contribution in [1.82, 2.24) is 10.1 Å². The second-order valence-corrected chi connectivity index (χ2v) is 6.97. The van der Waals surface area contributed by atoms with E-state index < -0.39 is 0 Å². The highest BCUT2D eigenvalue weighted by Gasteiger charge is 2.29. The topological polar surface area (TPSA) is 38.5 Å². The van der Waals surface area contributed by atoms with E-state index in [1.807, 2.05) is 12.1 Å². The van der Waals surface area contributed by atoms with Crippen molar-refractivity contribution in [3.05, 3.63) is 45.8 Å². The highest BCUT2D eigenvalue weighted by atomic mass is 79.9. The molecule has 23 heavy (non-hydrogen) atoms. The molecule has 1 aromatic heterocycles. The molecule has 1 atom stereocenters. The minimum Gasteiger partial charge on any atom is -0.496 e. The van der Waals surface area contributed by atoms with Crippen LogP contribution in [0.1, 0.15) is 49.2 Å². The predicted molar refractivity (Wildman–Crippen MR) is 93.6 cm³/mol. The third-order valence-electron chi connectivity index (χ3n) is 4.39. The van der Waals surface area contributed by atoms with E-state index in [1.165, 1.54) is 12.0 Å². The van der Waals surface area contributed by atoms with Crippen molar-refractivity contribution >= 4 is 15.9 Å². The lowest BCUT2D eigenvalue weighted by molar-refractivity contribution is 0.233. The van der Waals surface area contributed by atoms with Gasteiger partial charge in [0.25, 0.3) is 0 Å². The molecule has 1 aliphatic rings. The van der Waals surface area contributed by atoms with E-state index in [1.54, 1.807) is 7.11 Å². The Morgan fingerprint density at radius 3 is 3.04 bits per heavy atom. The van der Waals surface area contributed by atoms with Crippen molar-refractivity contribution in [2.24, 2.45) is 0 Å². The van der Waals surface area contributed by atoms with Crippen molar-refractivity contribution in [3.63, 3.8) is 0 Å². The van der Waals surface area contributed by atoms with Gasteiger partial charge in [0, 0.05) is 29.1 Å². The first-order chi connectivity index (χ1) is 11.2. The Morgan fingerprint density at radius 1 is 1.39 bits per heavy atom. The van der Waals surface area contributed by atoms with E-state index in [2.05, 4.69) is 45.0 Å². The van der Waals surface area contributed by atoms with Crippen molar-refractivity contribution in [2.45, 2.75) is 45.2 Å². The van der Waals surface area contributed by atoms with Gasteiger partial charge in [0.05, 0.1) is 13.2 Å². The molecule has 0 N–H and O–H groups in total. The van der Waals surface area contributed by atoms with Gasteiger partial charge in [-0.3, -0.25) is 4.90 Å². The van der Waals surface area contributed by atoms with Crippen LogP contribution < -0.4 is 4.74 Å². The normalized spacial score (nSPS) is 18.5. The number of rotatable bonds is 6. The van der Waals surface area contributed by atoms with Gasteiger partial charge in [0.1, 0.15) is 17.2 Å². The van der Waals surface area contributed by atoms with E-state index in [0.29, 0.717) is 6.04 Å². The summed E-state index contributed by atoms with van der Waals surface area (Å²) < 4.78 is 12.1. The number of benzene rings is 1. The molecular weight excluding hydrogens is 356 g/mol. The van der Waals surface area contributed by atoms with Crippen LogP contribution in [-0.4, -0.2) is 23.7 Å². The van der Waals surface area contributed by atoms with Crippen LogP contribution in [-0.2, 0) is 13.0 Å². The second-order valence-electron chi connectivity index (χ2n) is 6.05. The van der Waals surface area contributed by atoms with Crippen LogP contribution in [0, 0.1) is 0 Å². The maximum absolute atomic E-state index is 5.51. The first-order valence-corrected chi connectivity index (χ1v) is 9.02. The number of likely N-dealkylation sites (tertiary alicyclic amines) is 1. The third-order valence-corrected chi connectivity index (χ3v) is 4.89. The van der Waals surface area contributed by atoms with E-state index in [0.717, 1.165) is 54.0 Å². The van der Waals surface area contributed by atoms with Gasteiger partial charge in [-0.25, -0.2) is 0 Å². The first kappa shape index (κ1) is 16.5. The molecule has 1 unspecified atom stereocenters. The van der Waals surface area contributed by atoms with Gasteiger partial charge in [0.2, 0.25) is 0 Å². The molecule has 2 heterocycles. The average Bonchev–Trinajstić information content (AvgIpc) is 3.17. The number of aryl methyl sites for hydroxylation is 1. The maximum atomic E-state index is 5.51. The lowest BCUT2D eigenvalue weighted by Gasteiger charge is -2.23. The average molecular weight is 379 g/mol. The fourth-order valence-electron chi connectivity index (χ4n) is 3.29. The van der Waals surface area contributed by atoms with Gasteiger partial charge in [-0.15, -0.1) is 0 Å². The van der Waals surface area contributed by atoms with Crippen molar-refractivity contribution in [1.29, 1.82) is 0 Å². The highest BCUT2D eigenvalue weighted by molar-refractivity contribution is 9.10. The van der Waals surface area contributed by atoms with Crippen molar-refractivity contribution in [2.75, 3.05) is 13.7 Å². The van der Waals surface area contributed by atoms with Gasteiger partial charge < -0.3 is 9.26 Å². The molecule has 3 rings (SSSR count). The number of nitrogens with zero attached hydrogens (tertiary/aromatic N) is 2. The highest BCUT2D eigenvalue weighted by Crippen LogP contribution is 2.35. The Kier molecular flexibility index (Phi) is 5.38. The SMILES string of the molecule is CCCc1cc(C2CCCN2Cc2cc(Br)ccc2OC)no1. The molecule has 0 amide bonds. The summed E-state index contributed by atoms with van der Waals surface area (Å²) in [6.07, 6.45) is 4.36. The summed E-state index contributed by atoms with van der Waals surface area (Å²) in [6, 6.07) is 8.63. The minimum absolute atomic E-state index is 0.341. The molecule has 5 heteroatoms. The van der Waals surface area contributed by atoms with Gasteiger partial charge in [-0.05, 0) is 44.0 Å². The molecule has 2 aromatic rings. The fraction of sp³-hybridized carbons (Fsp3) is 0.500. The summed E-state index contributed by atoms with van der Waals surface area (Å²) in [5.41, 5.74) is 2.27. The number of halogens is 1. The number of hydrogen-bond acceptors (Lipinski definition) is 4. The van der Waals surface area contributed by atoms with Crippen LogP contribution >= 0.6 is 15.9 Å². The lowest BCUT2D eigenvalue weighted by atomic mass is 10.1. The number of methoxy groups -OCH3 is 1. The number of aromatic nitrogens is 1. The first-order valence-electron chi connectivity index (χ1n) is 8.23. The molecule has 0 saturated carbocycles. The Morgan fingerprint density at radius 2 is 2.26 bits per heavy atom. The number of hydrogen-bond donors (Lipinski definition) is 0. The van der Waals surface area contributed by atoms with Gasteiger partial charge >= 0.3 is 0 Å². The summed E-state index contributed by atoms with van der Waals surface area (Å²) in [4.78, 5) is 2.47. The van der Waals surface area contributed by atoms with Crippen molar-refractivity contribution < 1.29 is 9.26 Å². The minimum atomic E-state index is 0.341. The molecule has 1 aliphatic heterocycles. The summed E-state index contributed by atoms with van der Waals surface area (Å²) in [5, 5.41) is 4.31. The second kappa shape index (κ2) is 7.49. The Hall–Kier alpha value is -1.33. The van der Waals surface area contributed by atoms with E-state index >= 15 is 0 Å². The standard InChI is InChI=1S/C18H23BrN2O2/c1-3-5-15-11-16(20-23-15)17-6-4-9-21(17)12-13-10-14(19)7-8-18(13)22-2/h7-8,10-11,17H,3-6,9,12H2,1-2H3. The van der Waals surface area contributed by atoms with Gasteiger partial charge in [-0.1, -0.05) is 28.0 Å². The molecule has 1 saturated heterocycles. The maximum Gasteiger partial charge on any atom is 0.137 e. The molecule has 0 radical (unpaired) electrons. The van der Waals surface area contributed by atoms with Gasteiger partial charge in [-0.2, -0.15) is 0 Å². The Labute approximate surface area is 145 Å². The van der Waals surface area contributed by atoms with E-state index in [-0.39, 0.29) is 0 Å².